The average molecular weight is 237 g/mol. The molecule has 0 fully saturated rings. The maximum absolute atomic E-state index is 12.1. The average Bonchev–Trinajstić information content (AvgIpc) is 2.36. The van der Waals surface area contributed by atoms with Crippen LogP contribution in [0.2, 0.25) is 0 Å². The Kier molecular flexibility index (Phi) is 3.39. The third-order valence-corrected chi connectivity index (χ3v) is 3.60. The van der Waals surface area contributed by atoms with Gasteiger partial charge in [0.05, 0.1) is 17.5 Å². The molecule has 1 heterocycles. The van der Waals surface area contributed by atoms with Crippen molar-refractivity contribution in [2.75, 3.05) is 24.3 Å². The van der Waals surface area contributed by atoms with E-state index in [9.17, 15) is 4.79 Å². The van der Waals surface area contributed by atoms with Crippen LogP contribution in [0.15, 0.2) is 24.3 Å². The molecule has 1 aliphatic rings. The molecule has 86 valence electrons. The first-order valence-corrected chi connectivity index (χ1v) is 6.59. The van der Waals surface area contributed by atoms with Crippen LogP contribution >= 0.6 is 11.8 Å². The second kappa shape index (κ2) is 4.78. The molecule has 1 aromatic rings. The van der Waals surface area contributed by atoms with Crippen molar-refractivity contribution in [2.45, 2.75) is 12.2 Å². The molecule has 0 bridgehead atoms. The van der Waals surface area contributed by atoms with Gasteiger partial charge in [0.25, 0.3) is 0 Å². The van der Waals surface area contributed by atoms with Gasteiger partial charge in [-0.2, -0.15) is 11.8 Å². The highest BCUT2D eigenvalue weighted by Gasteiger charge is 2.26. The van der Waals surface area contributed by atoms with E-state index in [0.29, 0.717) is 13.2 Å². The molecule has 0 aromatic heterocycles. The lowest BCUT2D eigenvalue weighted by atomic mass is 10.2. The van der Waals surface area contributed by atoms with Crippen LogP contribution in [-0.2, 0) is 4.79 Å². The number of nitrogens with zero attached hydrogens (tertiary/aromatic N) is 1. The summed E-state index contributed by atoms with van der Waals surface area (Å²) >= 11 is 1.57. The molecular weight excluding hydrogens is 222 g/mol. The van der Waals surface area contributed by atoms with Gasteiger partial charge in [0, 0.05) is 0 Å². The van der Waals surface area contributed by atoms with E-state index >= 15 is 0 Å². The summed E-state index contributed by atoms with van der Waals surface area (Å²) in [5, 5.41) is -0.00819. The smallest absolute Gasteiger partial charge is 0.240 e. The lowest BCUT2D eigenvalue weighted by Crippen LogP contribution is -2.41. The SMILES string of the molecule is CSC(C)C(=O)N1CCOc2ccccc21. The van der Waals surface area contributed by atoms with Gasteiger partial charge in [-0.15, -0.1) is 0 Å². The van der Waals surface area contributed by atoms with E-state index in [0.717, 1.165) is 11.4 Å². The third-order valence-electron chi connectivity index (χ3n) is 2.70. The summed E-state index contributed by atoms with van der Waals surface area (Å²) in [4.78, 5) is 14.0. The molecule has 0 aliphatic carbocycles. The zero-order valence-electron chi connectivity index (χ0n) is 9.47. The zero-order valence-corrected chi connectivity index (χ0v) is 10.3. The summed E-state index contributed by atoms with van der Waals surface area (Å²) in [7, 11) is 0. The van der Waals surface area contributed by atoms with Crippen LogP contribution in [0.5, 0.6) is 5.75 Å². The maximum Gasteiger partial charge on any atom is 0.240 e. The number of hydrogen-bond donors (Lipinski definition) is 0. The highest BCUT2D eigenvalue weighted by atomic mass is 32.2. The Labute approximate surface area is 99.8 Å². The van der Waals surface area contributed by atoms with Crippen LogP contribution in [0.1, 0.15) is 6.92 Å². The van der Waals surface area contributed by atoms with Crippen LogP contribution in [-0.4, -0.2) is 30.6 Å². The molecule has 0 radical (unpaired) electrons. The molecule has 0 saturated carbocycles. The van der Waals surface area contributed by atoms with E-state index in [2.05, 4.69) is 0 Å². The summed E-state index contributed by atoms with van der Waals surface area (Å²) < 4.78 is 5.52. The van der Waals surface area contributed by atoms with Crippen LogP contribution < -0.4 is 9.64 Å². The first-order chi connectivity index (χ1) is 7.74. The fraction of sp³-hybridized carbons (Fsp3) is 0.417. The topological polar surface area (TPSA) is 29.5 Å². The lowest BCUT2D eigenvalue weighted by molar-refractivity contribution is -0.118. The minimum absolute atomic E-state index is 0.00819. The van der Waals surface area contributed by atoms with Gasteiger partial charge in [-0.05, 0) is 25.3 Å². The third kappa shape index (κ3) is 2.02. The van der Waals surface area contributed by atoms with Gasteiger partial charge in [0.2, 0.25) is 5.91 Å². The second-order valence-corrected chi connectivity index (χ2v) is 4.86. The molecule has 0 saturated heterocycles. The summed E-state index contributed by atoms with van der Waals surface area (Å²) in [5.74, 6) is 0.957. The fourth-order valence-corrected chi connectivity index (χ4v) is 2.05. The number of benzene rings is 1. The van der Waals surface area contributed by atoms with Crippen molar-refractivity contribution in [1.29, 1.82) is 0 Å². The van der Waals surface area contributed by atoms with Gasteiger partial charge < -0.3 is 9.64 Å². The number of thioether (sulfide) groups is 1. The molecule has 1 aliphatic heterocycles. The van der Waals surface area contributed by atoms with Gasteiger partial charge in [0.15, 0.2) is 0 Å². The van der Waals surface area contributed by atoms with Crippen molar-refractivity contribution in [3.8, 4) is 5.75 Å². The van der Waals surface area contributed by atoms with Gasteiger partial charge in [0.1, 0.15) is 12.4 Å². The van der Waals surface area contributed by atoms with E-state index in [1.54, 1.807) is 11.8 Å². The Hall–Kier alpha value is -1.16. The minimum Gasteiger partial charge on any atom is -0.490 e. The molecule has 4 heteroatoms. The van der Waals surface area contributed by atoms with Crippen LogP contribution in [0.3, 0.4) is 0 Å². The molecule has 1 atom stereocenters. The van der Waals surface area contributed by atoms with Gasteiger partial charge in [-0.3, -0.25) is 4.79 Å². The number of ether oxygens (including phenoxy) is 1. The molecule has 1 unspecified atom stereocenters. The number of amides is 1. The highest BCUT2D eigenvalue weighted by molar-refractivity contribution is 7.99. The van der Waals surface area contributed by atoms with E-state index in [1.807, 2.05) is 42.3 Å². The van der Waals surface area contributed by atoms with E-state index in [1.165, 1.54) is 0 Å². The van der Waals surface area contributed by atoms with Crippen molar-refractivity contribution in [1.82, 2.24) is 0 Å². The Bertz CT molecular complexity index is 394. The monoisotopic (exact) mass is 237 g/mol. The Morgan fingerprint density at radius 3 is 3.00 bits per heavy atom. The van der Waals surface area contributed by atoms with Crippen molar-refractivity contribution >= 4 is 23.4 Å². The molecule has 1 amide bonds. The standard InChI is InChI=1S/C12H15NO2S/c1-9(16-2)12(14)13-7-8-15-11-6-4-3-5-10(11)13/h3-6,9H,7-8H2,1-2H3. The Morgan fingerprint density at radius 2 is 2.25 bits per heavy atom. The van der Waals surface area contributed by atoms with Gasteiger partial charge in [-0.25, -0.2) is 0 Å². The van der Waals surface area contributed by atoms with Crippen molar-refractivity contribution in [2.24, 2.45) is 0 Å². The predicted molar refractivity (Wildman–Crippen MR) is 67.3 cm³/mol. The largest absolute Gasteiger partial charge is 0.490 e. The second-order valence-electron chi connectivity index (χ2n) is 3.68. The minimum atomic E-state index is -0.00819. The van der Waals surface area contributed by atoms with Crippen LogP contribution in [0.4, 0.5) is 5.69 Å². The van der Waals surface area contributed by atoms with Gasteiger partial charge >= 0.3 is 0 Å². The molecule has 16 heavy (non-hydrogen) atoms. The first kappa shape index (κ1) is 11.3. The highest BCUT2D eigenvalue weighted by Crippen LogP contribution is 2.32. The van der Waals surface area contributed by atoms with Crippen LogP contribution in [0.25, 0.3) is 0 Å². The summed E-state index contributed by atoms with van der Waals surface area (Å²) in [6.45, 7) is 3.15. The predicted octanol–water partition coefficient (Wildman–Crippen LogP) is 2.16. The molecule has 0 N–H and O–H groups in total. The number of carbonyl (C=O) groups excluding carboxylic acids is 1. The van der Waals surface area contributed by atoms with E-state index in [4.69, 9.17) is 4.74 Å². The summed E-state index contributed by atoms with van der Waals surface area (Å²) in [6.07, 6.45) is 1.95. The summed E-state index contributed by atoms with van der Waals surface area (Å²) in [5.41, 5.74) is 0.889. The Morgan fingerprint density at radius 1 is 1.50 bits per heavy atom. The Balaban J connectivity index is 2.28. The molecule has 0 spiro atoms. The van der Waals surface area contributed by atoms with Crippen LogP contribution in [0, 0.1) is 0 Å². The van der Waals surface area contributed by atoms with Crippen molar-refractivity contribution < 1.29 is 9.53 Å². The number of rotatable bonds is 2. The number of carbonyl (C=O) groups is 1. The number of hydrogen-bond acceptors (Lipinski definition) is 3. The number of anilines is 1. The molecule has 3 nitrogen and oxygen atoms in total. The summed E-state index contributed by atoms with van der Waals surface area (Å²) in [6, 6.07) is 7.68. The molecule has 1 aromatic carbocycles. The normalized spacial score (nSPS) is 16.2. The van der Waals surface area contributed by atoms with Gasteiger partial charge in [-0.1, -0.05) is 12.1 Å². The lowest BCUT2D eigenvalue weighted by Gasteiger charge is -2.30. The van der Waals surface area contributed by atoms with E-state index < -0.39 is 0 Å². The fourth-order valence-electron chi connectivity index (χ4n) is 1.72. The van der Waals surface area contributed by atoms with E-state index in [-0.39, 0.29) is 11.2 Å². The maximum atomic E-state index is 12.1. The quantitative estimate of drug-likeness (QED) is 0.789. The number of para-hydroxylation sites is 2. The zero-order chi connectivity index (χ0) is 11.5. The molecule has 2 rings (SSSR count). The number of fused-ring (bicyclic) bond motifs is 1. The van der Waals surface area contributed by atoms with Crippen molar-refractivity contribution in [3.63, 3.8) is 0 Å². The first-order valence-electron chi connectivity index (χ1n) is 5.30. The molecular formula is C12H15NO2S. The van der Waals surface area contributed by atoms with Crippen molar-refractivity contribution in [3.05, 3.63) is 24.3 Å².